The van der Waals surface area contributed by atoms with Crippen molar-refractivity contribution in [3.05, 3.63) is 23.3 Å². The molecular weight excluding hydrogens is 286 g/mol. The first-order valence-corrected chi connectivity index (χ1v) is 8.71. The Morgan fingerprint density at radius 2 is 1.95 bits per heavy atom. The Morgan fingerprint density at radius 1 is 1.29 bits per heavy atom. The zero-order valence-electron chi connectivity index (χ0n) is 13.3. The van der Waals surface area contributed by atoms with Crippen LogP contribution in [-0.2, 0) is 10.0 Å². The van der Waals surface area contributed by atoms with E-state index in [0.29, 0.717) is 23.7 Å². The van der Waals surface area contributed by atoms with Gasteiger partial charge in [-0.05, 0) is 64.0 Å². The lowest BCUT2D eigenvalue weighted by molar-refractivity contribution is 0.190. The number of nitrogen functional groups attached to an aromatic ring is 1. The molecule has 0 amide bonds. The van der Waals surface area contributed by atoms with E-state index in [-0.39, 0.29) is 6.04 Å². The first kappa shape index (κ1) is 16.3. The Kier molecular flexibility index (Phi) is 4.60. The van der Waals surface area contributed by atoms with Crippen LogP contribution in [0.4, 0.5) is 5.69 Å². The summed E-state index contributed by atoms with van der Waals surface area (Å²) in [6, 6.07) is 3.58. The molecule has 2 rings (SSSR count). The Morgan fingerprint density at radius 3 is 2.52 bits per heavy atom. The number of nitrogens with two attached hydrogens (primary N) is 1. The van der Waals surface area contributed by atoms with Crippen LogP contribution in [-0.4, -0.2) is 50.8 Å². The topological polar surface area (TPSA) is 66.6 Å². The van der Waals surface area contributed by atoms with Gasteiger partial charge in [-0.3, -0.25) is 0 Å². The van der Waals surface area contributed by atoms with Gasteiger partial charge in [0.1, 0.15) is 0 Å². The predicted molar refractivity (Wildman–Crippen MR) is 85.8 cm³/mol. The van der Waals surface area contributed by atoms with Crippen LogP contribution in [0.5, 0.6) is 0 Å². The number of rotatable bonds is 3. The van der Waals surface area contributed by atoms with Crippen molar-refractivity contribution in [3.8, 4) is 0 Å². The molecule has 0 radical (unpaired) electrons. The SMILES string of the molecule is Cc1cc(S(=O)(=O)N2CCCC(N(C)C)C2)cc(N)c1C. The van der Waals surface area contributed by atoms with E-state index in [9.17, 15) is 8.42 Å². The van der Waals surface area contributed by atoms with Crippen LogP contribution < -0.4 is 5.73 Å². The standard InChI is InChI=1S/C15H25N3O2S/c1-11-8-14(9-15(16)12(11)2)21(19,20)18-7-5-6-13(10-18)17(3)4/h8-9,13H,5-7,10,16H2,1-4H3. The van der Waals surface area contributed by atoms with E-state index in [1.54, 1.807) is 16.4 Å². The predicted octanol–water partition coefficient (Wildman–Crippen LogP) is 1.60. The number of hydrogen-bond donors (Lipinski definition) is 1. The van der Waals surface area contributed by atoms with Crippen LogP contribution in [0, 0.1) is 13.8 Å². The van der Waals surface area contributed by atoms with Crippen molar-refractivity contribution >= 4 is 15.7 Å². The van der Waals surface area contributed by atoms with Crippen molar-refractivity contribution in [2.45, 2.75) is 37.6 Å². The third kappa shape index (κ3) is 3.22. The van der Waals surface area contributed by atoms with Crippen molar-refractivity contribution in [1.82, 2.24) is 9.21 Å². The molecule has 6 heteroatoms. The molecule has 118 valence electrons. The molecule has 0 aliphatic carbocycles. The van der Waals surface area contributed by atoms with Crippen LogP contribution in [0.3, 0.4) is 0 Å². The van der Waals surface area contributed by atoms with E-state index in [1.165, 1.54) is 0 Å². The second-order valence-electron chi connectivity index (χ2n) is 6.08. The van der Waals surface area contributed by atoms with Crippen molar-refractivity contribution < 1.29 is 8.42 Å². The lowest BCUT2D eigenvalue weighted by Crippen LogP contribution is -2.47. The first-order chi connectivity index (χ1) is 9.73. The van der Waals surface area contributed by atoms with Gasteiger partial charge in [0.05, 0.1) is 4.90 Å². The van der Waals surface area contributed by atoms with Gasteiger partial charge in [0.25, 0.3) is 0 Å². The van der Waals surface area contributed by atoms with Gasteiger partial charge in [-0.25, -0.2) is 8.42 Å². The van der Waals surface area contributed by atoms with Gasteiger partial charge in [0, 0.05) is 24.8 Å². The molecule has 1 atom stereocenters. The number of sulfonamides is 1. The van der Waals surface area contributed by atoms with E-state index in [4.69, 9.17) is 5.73 Å². The summed E-state index contributed by atoms with van der Waals surface area (Å²) < 4.78 is 27.2. The van der Waals surface area contributed by atoms with Crippen molar-refractivity contribution in [3.63, 3.8) is 0 Å². The van der Waals surface area contributed by atoms with Gasteiger partial charge >= 0.3 is 0 Å². The maximum absolute atomic E-state index is 12.8. The van der Waals surface area contributed by atoms with E-state index < -0.39 is 10.0 Å². The maximum atomic E-state index is 12.8. The third-order valence-electron chi connectivity index (χ3n) is 4.41. The molecule has 0 spiro atoms. The summed E-state index contributed by atoms with van der Waals surface area (Å²) in [4.78, 5) is 2.40. The number of anilines is 1. The summed E-state index contributed by atoms with van der Waals surface area (Å²) >= 11 is 0. The zero-order chi connectivity index (χ0) is 15.8. The van der Waals surface area contributed by atoms with Crippen LogP contribution in [0.25, 0.3) is 0 Å². The third-order valence-corrected chi connectivity index (χ3v) is 6.25. The van der Waals surface area contributed by atoms with Crippen LogP contribution in [0.15, 0.2) is 17.0 Å². The Labute approximate surface area is 127 Å². The molecule has 0 saturated carbocycles. The molecule has 1 fully saturated rings. The molecule has 1 aliphatic rings. The number of likely N-dealkylation sites (N-methyl/N-ethyl adjacent to an activating group) is 1. The smallest absolute Gasteiger partial charge is 0.243 e. The van der Waals surface area contributed by atoms with E-state index in [0.717, 1.165) is 24.0 Å². The Bertz CT molecular complexity index is 603. The number of nitrogens with zero attached hydrogens (tertiary/aromatic N) is 2. The molecule has 0 aromatic heterocycles. The van der Waals surface area contributed by atoms with Crippen molar-refractivity contribution in [2.75, 3.05) is 32.9 Å². The van der Waals surface area contributed by atoms with Crippen LogP contribution in [0.2, 0.25) is 0 Å². The molecule has 2 N–H and O–H groups in total. The maximum Gasteiger partial charge on any atom is 0.243 e. The van der Waals surface area contributed by atoms with Gasteiger partial charge in [-0.2, -0.15) is 4.31 Å². The molecule has 1 aromatic rings. The molecular formula is C15H25N3O2S. The van der Waals surface area contributed by atoms with Crippen molar-refractivity contribution in [2.24, 2.45) is 0 Å². The average Bonchev–Trinajstić information content (AvgIpc) is 2.44. The second-order valence-corrected chi connectivity index (χ2v) is 8.02. The van der Waals surface area contributed by atoms with E-state index in [2.05, 4.69) is 4.90 Å². The fraction of sp³-hybridized carbons (Fsp3) is 0.600. The highest BCUT2D eigenvalue weighted by Crippen LogP contribution is 2.26. The summed E-state index contributed by atoms with van der Waals surface area (Å²) in [6.07, 6.45) is 1.93. The Balaban J connectivity index is 2.34. The van der Waals surface area contributed by atoms with Gasteiger partial charge in [0.15, 0.2) is 0 Å². The normalized spacial score (nSPS) is 20.9. The average molecular weight is 311 g/mol. The number of aryl methyl sites for hydroxylation is 1. The highest BCUT2D eigenvalue weighted by Gasteiger charge is 2.31. The summed E-state index contributed by atoms with van der Waals surface area (Å²) in [5, 5.41) is 0. The minimum absolute atomic E-state index is 0.275. The van der Waals surface area contributed by atoms with Gasteiger partial charge in [-0.15, -0.1) is 0 Å². The minimum atomic E-state index is -3.46. The number of benzene rings is 1. The highest BCUT2D eigenvalue weighted by atomic mass is 32.2. The fourth-order valence-corrected chi connectivity index (χ4v) is 4.35. The molecule has 5 nitrogen and oxygen atoms in total. The summed E-state index contributed by atoms with van der Waals surface area (Å²) in [6.45, 7) is 4.93. The molecule has 1 saturated heterocycles. The molecule has 0 bridgehead atoms. The summed E-state index contributed by atoms with van der Waals surface area (Å²) in [5.41, 5.74) is 8.32. The van der Waals surface area contributed by atoms with Crippen molar-refractivity contribution in [1.29, 1.82) is 0 Å². The number of piperidine rings is 1. The Hall–Kier alpha value is -1.11. The molecule has 1 aliphatic heterocycles. The van der Waals surface area contributed by atoms with E-state index >= 15 is 0 Å². The van der Waals surface area contributed by atoms with Gasteiger partial charge in [-0.1, -0.05) is 0 Å². The lowest BCUT2D eigenvalue weighted by Gasteiger charge is -2.35. The summed E-state index contributed by atoms with van der Waals surface area (Å²) in [5.74, 6) is 0. The molecule has 1 heterocycles. The molecule has 21 heavy (non-hydrogen) atoms. The van der Waals surface area contributed by atoms with Gasteiger partial charge in [0.2, 0.25) is 10.0 Å². The number of hydrogen-bond acceptors (Lipinski definition) is 4. The first-order valence-electron chi connectivity index (χ1n) is 7.26. The van der Waals surface area contributed by atoms with Crippen LogP contribution in [0.1, 0.15) is 24.0 Å². The molecule has 1 unspecified atom stereocenters. The monoisotopic (exact) mass is 311 g/mol. The second kappa shape index (κ2) is 5.94. The quantitative estimate of drug-likeness (QED) is 0.861. The largest absolute Gasteiger partial charge is 0.398 e. The zero-order valence-corrected chi connectivity index (χ0v) is 14.1. The molecule has 1 aromatic carbocycles. The van der Waals surface area contributed by atoms with Crippen LogP contribution >= 0.6 is 0 Å². The van der Waals surface area contributed by atoms with Gasteiger partial charge < -0.3 is 10.6 Å². The lowest BCUT2D eigenvalue weighted by atomic mass is 10.1. The van der Waals surface area contributed by atoms with E-state index in [1.807, 2.05) is 27.9 Å². The summed E-state index contributed by atoms with van der Waals surface area (Å²) in [7, 11) is 0.526. The fourth-order valence-electron chi connectivity index (χ4n) is 2.71. The highest BCUT2D eigenvalue weighted by molar-refractivity contribution is 7.89. The minimum Gasteiger partial charge on any atom is -0.398 e.